The number of nitrogens with zero attached hydrogens (tertiary/aromatic N) is 3. The predicted molar refractivity (Wildman–Crippen MR) is 80.0 cm³/mol. The second-order valence-electron chi connectivity index (χ2n) is 4.20. The van der Waals surface area contributed by atoms with Gasteiger partial charge in [-0.2, -0.15) is 10.3 Å². The number of benzene rings is 1. The van der Waals surface area contributed by atoms with Gasteiger partial charge in [-0.05, 0) is 13.0 Å². The van der Waals surface area contributed by atoms with Gasteiger partial charge in [0.1, 0.15) is 10.8 Å². The fourth-order valence-electron chi connectivity index (χ4n) is 1.62. The normalized spacial score (nSPS) is 11.7. The number of carbonyl (C=O) groups excluding carboxylic acids is 1. The molecular formula is C12H13N5O4S. The standard InChI is InChI=1S/C12H13N5O4S/c1-7(22-11-6-13-16-15-11)12(18)14-9-5-8(17(19)20)3-4-10(9)21-2/h3-7H,1-2H3,(H,14,18)(H,13,15,16)/t7-/m0/s1. The maximum absolute atomic E-state index is 12.2. The molecule has 0 unspecified atom stereocenters. The molecule has 1 amide bonds. The number of aromatic amines is 1. The molecule has 0 fully saturated rings. The summed E-state index contributed by atoms with van der Waals surface area (Å²) in [6, 6.07) is 4.00. The maximum atomic E-state index is 12.2. The zero-order valence-electron chi connectivity index (χ0n) is 11.8. The summed E-state index contributed by atoms with van der Waals surface area (Å²) in [5, 5.41) is 23.5. The van der Waals surface area contributed by atoms with E-state index in [1.54, 1.807) is 6.92 Å². The van der Waals surface area contributed by atoms with Crippen molar-refractivity contribution in [3.05, 3.63) is 34.5 Å². The molecule has 2 aromatic rings. The lowest BCUT2D eigenvalue weighted by Gasteiger charge is -2.13. The maximum Gasteiger partial charge on any atom is 0.271 e. The first-order chi connectivity index (χ1) is 10.5. The van der Waals surface area contributed by atoms with E-state index in [0.29, 0.717) is 10.8 Å². The van der Waals surface area contributed by atoms with Crippen LogP contribution >= 0.6 is 11.8 Å². The molecule has 0 aliphatic carbocycles. The van der Waals surface area contributed by atoms with Gasteiger partial charge in [-0.3, -0.25) is 14.9 Å². The van der Waals surface area contributed by atoms with E-state index in [1.165, 1.54) is 43.3 Å². The number of nitro benzene ring substituents is 1. The first kappa shape index (κ1) is 15.8. The lowest BCUT2D eigenvalue weighted by molar-refractivity contribution is -0.384. The number of carbonyl (C=O) groups is 1. The monoisotopic (exact) mass is 323 g/mol. The number of amides is 1. The van der Waals surface area contributed by atoms with Crippen LogP contribution < -0.4 is 10.1 Å². The molecule has 9 nitrogen and oxygen atoms in total. The zero-order valence-corrected chi connectivity index (χ0v) is 12.6. The first-order valence-electron chi connectivity index (χ1n) is 6.17. The van der Waals surface area contributed by atoms with Crippen LogP contribution in [0.5, 0.6) is 5.75 Å². The van der Waals surface area contributed by atoms with Gasteiger partial charge in [-0.15, -0.1) is 5.10 Å². The lowest BCUT2D eigenvalue weighted by atomic mass is 10.2. The minimum absolute atomic E-state index is 0.132. The first-order valence-corrected chi connectivity index (χ1v) is 7.05. The Morgan fingerprint density at radius 2 is 2.32 bits per heavy atom. The Labute approximate surface area is 129 Å². The van der Waals surface area contributed by atoms with Gasteiger partial charge in [-0.1, -0.05) is 11.8 Å². The minimum atomic E-state index is -0.539. The van der Waals surface area contributed by atoms with E-state index in [4.69, 9.17) is 4.74 Å². The van der Waals surface area contributed by atoms with Crippen molar-refractivity contribution in [3.8, 4) is 5.75 Å². The number of thioether (sulfide) groups is 1. The Morgan fingerprint density at radius 3 is 2.91 bits per heavy atom. The van der Waals surface area contributed by atoms with Crippen LogP contribution in [0.25, 0.3) is 0 Å². The van der Waals surface area contributed by atoms with Gasteiger partial charge in [-0.25, -0.2) is 0 Å². The van der Waals surface area contributed by atoms with Gasteiger partial charge in [0.2, 0.25) is 5.91 Å². The summed E-state index contributed by atoms with van der Waals surface area (Å²) in [5.41, 5.74) is 0.113. The lowest BCUT2D eigenvalue weighted by Crippen LogP contribution is -2.22. The van der Waals surface area contributed by atoms with Crippen LogP contribution in [0.15, 0.2) is 29.4 Å². The van der Waals surface area contributed by atoms with E-state index in [1.807, 2.05) is 0 Å². The molecule has 1 aromatic heterocycles. The van der Waals surface area contributed by atoms with Gasteiger partial charge in [0.25, 0.3) is 5.69 Å². The van der Waals surface area contributed by atoms with Crippen molar-refractivity contribution >= 4 is 29.0 Å². The van der Waals surface area contributed by atoms with E-state index in [9.17, 15) is 14.9 Å². The summed E-state index contributed by atoms with van der Waals surface area (Å²) in [5.74, 6) is 0.0179. The highest BCUT2D eigenvalue weighted by atomic mass is 32.2. The van der Waals surface area contributed by atoms with E-state index >= 15 is 0 Å². The van der Waals surface area contributed by atoms with Crippen molar-refractivity contribution in [2.75, 3.05) is 12.4 Å². The van der Waals surface area contributed by atoms with Crippen LogP contribution in [0.2, 0.25) is 0 Å². The van der Waals surface area contributed by atoms with Crippen LogP contribution in [0.1, 0.15) is 6.92 Å². The molecule has 0 aliphatic heterocycles. The molecule has 0 saturated carbocycles. The summed E-state index contributed by atoms with van der Waals surface area (Å²) in [6.07, 6.45) is 1.50. The molecule has 0 spiro atoms. The Hall–Kier alpha value is -2.62. The summed E-state index contributed by atoms with van der Waals surface area (Å²) in [4.78, 5) is 22.4. The van der Waals surface area contributed by atoms with Gasteiger partial charge in [0.15, 0.2) is 0 Å². The van der Waals surface area contributed by atoms with Crippen molar-refractivity contribution in [2.45, 2.75) is 17.2 Å². The molecule has 1 aromatic carbocycles. The van der Waals surface area contributed by atoms with Crippen LogP contribution in [0.3, 0.4) is 0 Å². The number of nitrogens with one attached hydrogen (secondary N) is 2. The average molecular weight is 323 g/mol. The molecule has 0 saturated heterocycles. The average Bonchev–Trinajstić information content (AvgIpc) is 2.99. The van der Waals surface area contributed by atoms with E-state index in [0.717, 1.165) is 0 Å². The number of nitro groups is 1. The molecule has 2 rings (SSSR count). The predicted octanol–water partition coefficient (Wildman–Crippen LogP) is 1.84. The topological polar surface area (TPSA) is 123 Å². The molecule has 2 N–H and O–H groups in total. The summed E-state index contributed by atoms with van der Waals surface area (Å²) in [6.45, 7) is 1.69. The third kappa shape index (κ3) is 3.73. The Bertz CT molecular complexity index is 676. The summed E-state index contributed by atoms with van der Waals surface area (Å²) < 4.78 is 5.10. The highest BCUT2D eigenvalue weighted by Crippen LogP contribution is 2.30. The SMILES string of the molecule is COc1ccc([N+](=O)[O-])cc1NC(=O)[C@H](C)Sc1cn[nH]n1. The molecule has 22 heavy (non-hydrogen) atoms. The Morgan fingerprint density at radius 1 is 1.55 bits per heavy atom. The third-order valence-corrected chi connectivity index (χ3v) is 3.72. The second-order valence-corrected chi connectivity index (χ2v) is 5.56. The summed E-state index contributed by atoms with van der Waals surface area (Å²) in [7, 11) is 1.42. The zero-order chi connectivity index (χ0) is 16.1. The van der Waals surface area contributed by atoms with E-state index in [2.05, 4.69) is 20.7 Å². The van der Waals surface area contributed by atoms with Gasteiger partial charge in [0, 0.05) is 12.1 Å². The van der Waals surface area contributed by atoms with Crippen molar-refractivity contribution < 1.29 is 14.5 Å². The molecule has 1 atom stereocenters. The number of H-pyrrole nitrogens is 1. The smallest absolute Gasteiger partial charge is 0.271 e. The number of non-ortho nitro benzene ring substituents is 1. The van der Waals surface area contributed by atoms with Gasteiger partial charge < -0.3 is 10.1 Å². The van der Waals surface area contributed by atoms with E-state index < -0.39 is 10.2 Å². The molecule has 0 bridgehead atoms. The van der Waals surface area contributed by atoms with Gasteiger partial charge in [0.05, 0.1) is 29.2 Å². The number of rotatable bonds is 6. The quantitative estimate of drug-likeness (QED) is 0.472. The van der Waals surface area contributed by atoms with Crippen LogP contribution in [-0.4, -0.2) is 38.6 Å². The van der Waals surface area contributed by atoms with Crippen molar-refractivity contribution in [1.82, 2.24) is 15.4 Å². The summed E-state index contributed by atoms with van der Waals surface area (Å²) >= 11 is 1.21. The number of aromatic nitrogens is 3. The molecule has 10 heteroatoms. The van der Waals surface area contributed by atoms with Crippen molar-refractivity contribution in [1.29, 1.82) is 0 Å². The number of anilines is 1. The van der Waals surface area contributed by atoms with Gasteiger partial charge >= 0.3 is 0 Å². The number of hydrogen-bond acceptors (Lipinski definition) is 7. The van der Waals surface area contributed by atoms with Crippen molar-refractivity contribution in [2.24, 2.45) is 0 Å². The number of methoxy groups -OCH3 is 1. The second kappa shape index (κ2) is 6.89. The largest absolute Gasteiger partial charge is 0.495 e. The molecule has 0 aliphatic rings. The minimum Gasteiger partial charge on any atom is -0.495 e. The Kier molecular flexibility index (Phi) is 4.94. The van der Waals surface area contributed by atoms with Crippen molar-refractivity contribution in [3.63, 3.8) is 0 Å². The van der Waals surface area contributed by atoms with Crippen LogP contribution in [0, 0.1) is 10.1 Å². The van der Waals surface area contributed by atoms with Crippen LogP contribution in [-0.2, 0) is 4.79 Å². The number of hydrogen-bond donors (Lipinski definition) is 2. The van der Waals surface area contributed by atoms with E-state index in [-0.39, 0.29) is 17.3 Å². The highest BCUT2D eigenvalue weighted by Gasteiger charge is 2.19. The highest BCUT2D eigenvalue weighted by molar-refractivity contribution is 8.00. The molecule has 0 radical (unpaired) electrons. The fraction of sp³-hybridized carbons (Fsp3) is 0.250. The van der Waals surface area contributed by atoms with Crippen LogP contribution in [0.4, 0.5) is 11.4 Å². The molecular weight excluding hydrogens is 310 g/mol. The fourth-order valence-corrected chi connectivity index (χ4v) is 2.36. The third-order valence-electron chi connectivity index (χ3n) is 2.71. The number of ether oxygens (including phenoxy) is 1. The Balaban J connectivity index is 2.12. The molecule has 1 heterocycles. The molecule has 116 valence electrons.